The highest BCUT2D eigenvalue weighted by Crippen LogP contribution is 2.27. The Hall–Kier alpha value is -1.88. The van der Waals surface area contributed by atoms with Crippen LogP contribution in [-0.2, 0) is 6.61 Å². The molecule has 0 N–H and O–H groups in total. The lowest BCUT2D eigenvalue weighted by Gasteiger charge is -2.12. The number of rotatable bonds is 6. The van der Waals surface area contributed by atoms with Gasteiger partial charge in [-0.15, -0.1) is 0 Å². The Kier molecular flexibility index (Phi) is 5.55. The SMILES string of the molecule is COc1cc(OCc2ccc(C)nc2)ccc1C(=O)C(C)Br. The monoisotopic (exact) mass is 363 g/mol. The number of aromatic nitrogens is 1. The van der Waals surface area contributed by atoms with E-state index >= 15 is 0 Å². The van der Waals surface area contributed by atoms with Crippen molar-refractivity contribution >= 4 is 21.7 Å². The molecule has 0 saturated carbocycles. The normalized spacial score (nSPS) is 11.8. The molecule has 0 saturated heterocycles. The summed E-state index contributed by atoms with van der Waals surface area (Å²) in [4.78, 5) is 16.0. The van der Waals surface area contributed by atoms with Crippen LogP contribution in [0.5, 0.6) is 11.5 Å². The molecule has 1 atom stereocenters. The van der Waals surface area contributed by atoms with E-state index in [1.54, 1.807) is 38.4 Å². The molecule has 0 aliphatic rings. The molecule has 22 heavy (non-hydrogen) atoms. The fraction of sp³-hybridized carbons (Fsp3) is 0.294. The van der Waals surface area contributed by atoms with Gasteiger partial charge in [0.1, 0.15) is 18.1 Å². The summed E-state index contributed by atoms with van der Waals surface area (Å²) in [7, 11) is 1.54. The Balaban J connectivity index is 2.12. The lowest BCUT2D eigenvalue weighted by molar-refractivity contribution is 0.0993. The number of nitrogens with zero attached hydrogens (tertiary/aromatic N) is 1. The fourth-order valence-corrected chi connectivity index (χ4v) is 2.18. The lowest BCUT2D eigenvalue weighted by atomic mass is 10.1. The van der Waals surface area contributed by atoms with Crippen molar-refractivity contribution in [2.24, 2.45) is 0 Å². The van der Waals surface area contributed by atoms with E-state index in [0.29, 0.717) is 23.7 Å². The molecule has 0 fully saturated rings. The van der Waals surface area contributed by atoms with Crippen LogP contribution in [0.15, 0.2) is 36.5 Å². The minimum atomic E-state index is -0.258. The number of ether oxygens (including phenoxy) is 2. The van der Waals surface area contributed by atoms with Crippen LogP contribution in [0.2, 0.25) is 0 Å². The number of methoxy groups -OCH3 is 1. The molecule has 1 heterocycles. The molecule has 4 nitrogen and oxygen atoms in total. The standard InChI is InChI=1S/C17H18BrNO3/c1-11-4-5-13(9-19-11)10-22-14-6-7-15(16(8-14)21-3)17(20)12(2)18/h4-9,12H,10H2,1-3H3. The third-order valence-electron chi connectivity index (χ3n) is 3.18. The molecule has 1 aromatic heterocycles. The number of halogens is 1. The van der Waals surface area contributed by atoms with Crippen molar-refractivity contribution in [3.63, 3.8) is 0 Å². The predicted molar refractivity (Wildman–Crippen MR) is 89.0 cm³/mol. The molecule has 5 heteroatoms. The molecule has 0 amide bonds. The number of carbonyl (C=O) groups excluding carboxylic acids is 1. The number of alkyl halides is 1. The molecule has 1 unspecified atom stereocenters. The van der Waals surface area contributed by atoms with Gasteiger partial charge in [0.25, 0.3) is 0 Å². The Morgan fingerprint density at radius 1 is 1.32 bits per heavy atom. The van der Waals surface area contributed by atoms with Crippen LogP contribution in [0.3, 0.4) is 0 Å². The highest BCUT2D eigenvalue weighted by molar-refractivity contribution is 9.10. The number of pyridine rings is 1. The largest absolute Gasteiger partial charge is 0.496 e. The van der Waals surface area contributed by atoms with E-state index in [9.17, 15) is 4.79 Å². The second-order valence-electron chi connectivity index (χ2n) is 4.94. The molecule has 2 aromatic rings. The molecular formula is C17H18BrNO3. The van der Waals surface area contributed by atoms with Gasteiger partial charge in [-0.1, -0.05) is 22.0 Å². The number of benzene rings is 1. The van der Waals surface area contributed by atoms with Gasteiger partial charge < -0.3 is 9.47 Å². The van der Waals surface area contributed by atoms with Crippen molar-refractivity contribution in [1.82, 2.24) is 4.98 Å². The van der Waals surface area contributed by atoms with Gasteiger partial charge in [-0.05, 0) is 32.0 Å². The van der Waals surface area contributed by atoms with Crippen LogP contribution in [0.1, 0.15) is 28.5 Å². The van der Waals surface area contributed by atoms with Gasteiger partial charge >= 0.3 is 0 Å². The number of aryl methyl sites for hydroxylation is 1. The van der Waals surface area contributed by atoms with Crippen molar-refractivity contribution in [3.05, 3.63) is 53.3 Å². The zero-order valence-electron chi connectivity index (χ0n) is 12.8. The maximum Gasteiger partial charge on any atom is 0.179 e. The van der Waals surface area contributed by atoms with E-state index in [2.05, 4.69) is 20.9 Å². The van der Waals surface area contributed by atoms with Crippen LogP contribution >= 0.6 is 15.9 Å². The molecule has 0 spiro atoms. The summed E-state index contributed by atoms with van der Waals surface area (Å²) >= 11 is 3.28. The first-order valence-electron chi connectivity index (χ1n) is 6.92. The Morgan fingerprint density at radius 3 is 2.68 bits per heavy atom. The molecule has 0 aliphatic carbocycles. The van der Waals surface area contributed by atoms with Crippen LogP contribution in [0.25, 0.3) is 0 Å². The summed E-state index contributed by atoms with van der Waals surface area (Å²) in [6, 6.07) is 9.14. The number of hydrogen-bond acceptors (Lipinski definition) is 4. The van der Waals surface area contributed by atoms with Crippen LogP contribution in [-0.4, -0.2) is 22.7 Å². The minimum Gasteiger partial charge on any atom is -0.496 e. The summed E-state index contributed by atoms with van der Waals surface area (Å²) in [5, 5.41) is 0. The summed E-state index contributed by atoms with van der Waals surface area (Å²) in [5.74, 6) is 1.14. The molecule has 0 aliphatic heterocycles. The van der Waals surface area contributed by atoms with Gasteiger partial charge in [0.2, 0.25) is 0 Å². The maximum absolute atomic E-state index is 12.1. The van der Waals surface area contributed by atoms with E-state index in [-0.39, 0.29) is 10.6 Å². The summed E-state index contributed by atoms with van der Waals surface area (Å²) in [5.41, 5.74) is 2.49. The zero-order valence-corrected chi connectivity index (χ0v) is 14.4. The summed E-state index contributed by atoms with van der Waals surface area (Å²) < 4.78 is 11.0. The minimum absolute atomic E-state index is 0.0221. The van der Waals surface area contributed by atoms with E-state index in [0.717, 1.165) is 11.3 Å². The van der Waals surface area contributed by atoms with Gasteiger partial charge in [0, 0.05) is 23.5 Å². The molecule has 0 radical (unpaired) electrons. The van der Waals surface area contributed by atoms with Crippen molar-refractivity contribution in [1.29, 1.82) is 0 Å². The van der Waals surface area contributed by atoms with Gasteiger partial charge in [-0.2, -0.15) is 0 Å². The second kappa shape index (κ2) is 7.40. The van der Waals surface area contributed by atoms with E-state index in [1.165, 1.54) is 0 Å². The third-order valence-corrected chi connectivity index (χ3v) is 3.59. The summed E-state index contributed by atoms with van der Waals surface area (Å²) in [6.07, 6.45) is 1.79. The Labute approximate surface area is 138 Å². The lowest BCUT2D eigenvalue weighted by Crippen LogP contribution is -2.11. The number of Topliss-reactive ketones (excluding diaryl/α,β-unsaturated/α-hetero) is 1. The van der Waals surface area contributed by atoms with Crippen molar-refractivity contribution in [2.45, 2.75) is 25.3 Å². The van der Waals surface area contributed by atoms with Gasteiger partial charge in [-0.25, -0.2) is 0 Å². The molecule has 2 rings (SSSR count). The first-order valence-corrected chi connectivity index (χ1v) is 7.83. The average molecular weight is 364 g/mol. The van der Waals surface area contributed by atoms with Crippen molar-refractivity contribution in [3.8, 4) is 11.5 Å². The van der Waals surface area contributed by atoms with E-state index in [4.69, 9.17) is 9.47 Å². The molecular weight excluding hydrogens is 346 g/mol. The first kappa shape index (κ1) is 16.5. The van der Waals surface area contributed by atoms with Gasteiger partial charge in [0.05, 0.1) is 17.5 Å². The topological polar surface area (TPSA) is 48.4 Å². The Bertz CT molecular complexity index is 653. The smallest absolute Gasteiger partial charge is 0.179 e. The molecule has 1 aromatic carbocycles. The van der Waals surface area contributed by atoms with Crippen molar-refractivity contribution in [2.75, 3.05) is 7.11 Å². The van der Waals surface area contributed by atoms with Crippen molar-refractivity contribution < 1.29 is 14.3 Å². The third kappa shape index (κ3) is 4.07. The highest BCUT2D eigenvalue weighted by atomic mass is 79.9. The maximum atomic E-state index is 12.1. The molecule has 116 valence electrons. The molecule has 0 bridgehead atoms. The highest BCUT2D eigenvalue weighted by Gasteiger charge is 2.17. The number of carbonyl (C=O) groups is 1. The van der Waals surface area contributed by atoms with Crippen LogP contribution in [0.4, 0.5) is 0 Å². The number of ketones is 1. The Morgan fingerprint density at radius 2 is 2.09 bits per heavy atom. The second-order valence-corrected chi connectivity index (χ2v) is 6.31. The van der Waals surface area contributed by atoms with Crippen LogP contribution in [0, 0.1) is 6.92 Å². The fourth-order valence-electron chi connectivity index (χ4n) is 1.93. The van der Waals surface area contributed by atoms with E-state index < -0.39 is 0 Å². The quantitative estimate of drug-likeness (QED) is 0.575. The number of hydrogen-bond donors (Lipinski definition) is 0. The zero-order chi connectivity index (χ0) is 16.1. The summed E-state index contributed by atoms with van der Waals surface area (Å²) in [6.45, 7) is 4.14. The average Bonchev–Trinajstić information content (AvgIpc) is 2.53. The first-order chi connectivity index (χ1) is 10.5. The van der Waals surface area contributed by atoms with E-state index in [1.807, 2.05) is 19.1 Å². The van der Waals surface area contributed by atoms with Gasteiger partial charge in [0.15, 0.2) is 5.78 Å². The van der Waals surface area contributed by atoms with Gasteiger partial charge in [-0.3, -0.25) is 9.78 Å². The predicted octanol–water partition coefficient (Wildman–Crippen LogP) is 3.94. The van der Waals surface area contributed by atoms with Crippen LogP contribution < -0.4 is 9.47 Å².